The Balaban J connectivity index is 1.60. The topological polar surface area (TPSA) is 46.9 Å². The molecule has 0 bridgehead atoms. The number of aromatic nitrogens is 2. The number of hydrogen-bond donors (Lipinski definition) is 1. The van der Waals surface area contributed by atoms with Gasteiger partial charge in [0.1, 0.15) is 5.82 Å². The molecule has 0 atom stereocenters. The number of fused-ring (bicyclic) bond motifs is 1. The maximum atomic E-state index is 12.9. The van der Waals surface area contributed by atoms with Crippen molar-refractivity contribution in [3.05, 3.63) is 71.4 Å². The number of amides is 1. The van der Waals surface area contributed by atoms with Gasteiger partial charge in [-0.3, -0.25) is 4.79 Å². The lowest BCUT2D eigenvalue weighted by molar-refractivity contribution is 0.102. The van der Waals surface area contributed by atoms with E-state index < -0.39 is 0 Å². The first kappa shape index (κ1) is 17.9. The van der Waals surface area contributed by atoms with Gasteiger partial charge in [0, 0.05) is 22.6 Å². The van der Waals surface area contributed by atoms with E-state index in [2.05, 4.69) is 38.2 Å². The molecule has 1 amide bonds. The van der Waals surface area contributed by atoms with Crippen LogP contribution < -0.4 is 5.32 Å². The standard InChI is InChI=1S/C22H23N3OS/c1-22(2,3)25-20(18-13-27-14-19(18)24-25)23-21(26)17-11-9-16(10-12-17)15-7-5-4-6-8-15/h4-12H,13-14H2,1-3H3,(H,23,26). The van der Waals surface area contributed by atoms with Crippen molar-refractivity contribution < 1.29 is 4.79 Å². The van der Waals surface area contributed by atoms with E-state index in [9.17, 15) is 4.79 Å². The molecular weight excluding hydrogens is 354 g/mol. The Hall–Kier alpha value is -2.53. The van der Waals surface area contributed by atoms with E-state index in [-0.39, 0.29) is 11.4 Å². The second-order valence-corrected chi connectivity index (χ2v) is 8.73. The number of carbonyl (C=O) groups is 1. The highest BCUT2D eigenvalue weighted by Gasteiger charge is 2.28. The fourth-order valence-corrected chi connectivity index (χ4v) is 4.29. The average Bonchev–Trinajstić information content (AvgIpc) is 3.25. The summed E-state index contributed by atoms with van der Waals surface area (Å²) in [5.74, 6) is 2.54. The highest BCUT2D eigenvalue weighted by molar-refractivity contribution is 7.98. The Labute approximate surface area is 164 Å². The number of benzene rings is 2. The Morgan fingerprint density at radius 3 is 2.33 bits per heavy atom. The molecule has 1 N–H and O–H groups in total. The molecule has 0 fully saturated rings. The molecule has 0 radical (unpaired) electrons. The zero-order valence-electron chi connectivity index (χ0n) is 15.8. The van der Waals surface area contributed by atoms with Crippen LogP contribution in [0.3, 0.4) is 0 Å². The van der Waals surface area contributed by atoms with Gasteiger partial charge in [-0.1, -0.05) is 42.5 Å². The van der Waals surface area contributed by atoms with Crippen LogP contribution in [0.1, 0.15) is 42.4 Å². The minimum Gasteiger partial charge on any atom is -0.306 e. The van der Waals surface area contributed by atoms with Gasteiger partial charge in [0.2, 0.25) is 0 Å². The number of nitrogens with one attached hydrogen (secondary N) is 1. The minimum absolute atomic E-state index is 0.0975. The van der Waals surface area contributed by atoms with E-state index in [1.165, 1.54) is 0 Å². The van der Waals surface area contributed by atoms with Crippen molar-refractivity contribution in [1.29, 1.82) is 0 Å². The van der Waals surface area contributed by atoms with E-state index >= 15 is 0 Å². The van der Waals surface area contributed by atoms with E-state index in [0.717, 1.165) is 39.7 Å². The number of anilines is 1. The van der Waals surface area contributed by atoms with Crippen LogP contribution in [-0.2, 0) is 17.0 Å². The van der Waals surface area contributed by atoms with Crippen molar-refractivity contribution in [1.82, 2.24) is 9.78 Å². The Bertz CT molecular complexity index is 969. The number of carbonyl (C=O) groups excluding carboxylic acids is 1. The average molecular weight is 378 g/mol. The summed E-state index contributed by atoms with van der Waals surface area (Å²) >= 11 is 1.84. The smallest absolute Gasteiger partial charge is 0.256 e. The van der Waals surface area contributed by atoms with Crippen molar-refractivity contribution in [2.45, 2.75) is 37.8 Å². The van der Waals surface area contributed by atoms with Crippen molar-refractivity contribution in [3.63, 3.8) is 0 Å². The zero-order valence-corrected chi connectivity index (χ0v) is 16.6. The highest BCUT2D eigenvalue weighted by atomic mass is 32.2. The maximum Gasteiger partial charge on any atom is 0.256 e. The van der Waals surface area contributed by atoms with Crippen LogP contribution in [0.4, 0.5) is 5.82 Å². The molecule has 138 valence electrons. The van der Waals surface area contributed by atoms with Crippen LogP contribution in [0.25, 0.3) is 11.1 Å². The number of hydrogen-bond acceptors (Lipinski definition) is 3. The third-order valence-corrected chi connectivity index (χ3v) is 5.64. The summed E-state index contributed by atoms with van der Waals surface area (Å²) in [7, 11) is 0. The number of rotatable bonds is 3. The predicted octanol–water partition coefficient (Wildman–Crippen LogP) is 5.30. The lowest BCUT2D eigenvalue weighted by Crippen LogP contribution is -2.27. The molecule has 0 saturated heterocycles. The van der Waals surface area contributed by atoms with Crippen molar-refractivity contribution in [2.24, 2.45) is 0 Å². The minimum atomic E-state index is -0.186. The van der Waals surface area contributed by atoms with Gasteiger partial charge in [-0.25, -0.2) is 4.68 Å². The normalized spacial score (nSPS) is 13.4. The van der Waals surface area contributed by atoms with Crippen LogP contribution in [0, 0.1) is 0 Å². The quantitative estimate of drug-likeness (QED) is 0.673. The molecule has 1 aliphatic heterocycles. The molecule has 0 unspecified atom stereocenters. The first-order valence-electron chi connectivity index (χ1n) is 9.09. The molecule has 2 heterocycles. The largest absolute Gasteiger partial charge is 0.306 e. The summed E-state index contributed by atoms with van der Waals surface area (Å²) < 4.78 is 1.95. The van der Waals surface area contributed by atoms with E-state index in [4.69, 9.17) is 5.10 Å². The van der Waals surface area contributed by atoms with Crippen LogP contribution in [0.5, 0.6) is 0 Å². The third-order valence-electron chi connectivity index (χ3n) is 4.67. The predicted molar refractivity (Wildman–Crippen MR) is 112 cm³/mol. The summed E-state index contributed by atoms with van der Waals surface area (Å²) in [6.45, 7) is 6.31. The first-order valence-corrected chi connectivity index (χ1v) is 10.2. The highest BCUT2D eigenvalue weighted by Crippen LogP contribution is 2.37. The molecule has 0 saturated carbocycles. The Morgan fingerprint density at radius 1 is 1.00 bits per heavy atom. The van der Waals surface area contributed by atoms with Gasteiger partial charge in [0.15, 0.2) is 0 Å². The SMILES string of the molecule is CC(C)(C)n1nc2c(c1NC(=O)c1ccc(-c3ccccc3)cc1)CSC2. The fourth-order valence-electron chi connectivity index (χ4n) is 3.25. The van der Waals surface area contributed by atoms with Gasteiger partial charge in [-0.15, -0.1) is 0 Å². The maximum absolute atomic E-state index is 12.9. The van der Waals surface area contributed by atoms with Gasteiger partial charge in [-0.05, 0) is 44.0 Å². The molecule has 4 rings (SSSR count). The Morgan fingerprint density at radius 2 is 1.67 bits per heavy atom. The van der Waals surface area contributed by atoms with E-state index in [0.29, 0.717) is 5.56 Å². The van der Waals surface area contributed by atoms with Crippen LogP contribution in [0.2, 0.25) is 0 Å². The Kier molecular flexibility index (Phi) is 4.56. The molecule has 27 heavy (non-hydrogen) atoms. The molecule has 0 spiro atoms. The summed E-state index contributed by atoms with van der Waals surface area (Å²) in [5, 5.41) is 7.86. The molecular formula is C22H23N3OS. The second kappa shape index (κ2) is 6.89. The van der Waals surface area contributed by atoms with Gasteiger partial charge < -0.3 is 5.32 Å². The fraction of sp³-hybridized carbons (Fsp3) is 0.273. The molecule has 2 aromatic carbocycles. The number of thioether (sulfide) groups is 1. The van der Waals surface area contributed by atoms with Crippen LogP contribution in [0.15, 0.2) is 54.6 Å². The number of nitrogens with zero attached hydrogens (tertiary/aromatic N) is 2. The summed E-state index contributed by atoms with van der Waals surface area (Å²) in [6.07, 6.45) is 0. The first-order chi connectivity index (χ1) is 12.9. The van der Waals surface area contributed by atoms with Crippen LogP contribution >= 0.6 is 11.8 Å². The molecule has 3 aromatic rings. The lowest BCUT2D eigenvalue weighted by atomic mass is 10.0. The van der Waals surface area contributed by atoms with Crippen LogP contribution in [-0.4, -0.2) is 15.7 Å². The van der Waals surface area contributed by atoms with Gasteiger partial charge in [-0.2, -0.15) is 16.9 Å². The zero-order chi connectivity index (χ0) is 19.0. The van der Waals surface area contributed by atoms with Gasteiger partial charge in [0.05, 0.1) is 11.2 Å². The lowest BCUT2D eigenvalue weighted by Gasteiger charge is -2.23. The second-order valence-electron chi connectivity index (χ2n) is 7.75. The molecule has 1 aliphatic rings. The molecule has 5 heteroatoms. The monoisotopic (exact) mass is 377 g/mol. The van der Waals surface area contributed by atoms with Crippen molar-refractivity contribution in [3.8, 4) is 11.1 Å². The molecule has 0 aliphatic carbocycles. The van der Waals surface area contributed by atoms with Crippen molar-refractivity contribution in [2.75, 3.05) is 5.32 Å². The summed E-state index contributed by atoms with van der Waals surface area (Å²) in [6, 6.07) is 17.9. The van der Waals surface area contributed by atoms with Crippen molar-refractivity contribution >= 4 is 23.5 Å². The third kappa shape index (κ3) is 3.52. The summed E-state index contributed by atoms with van der Waals surface area (Å²) in [5.41, 5.74) is 4.95. The van der Waals surface area contributed by atoms with E-state index in [1.54, 1.807) is 0 Å². The molecule has 4 nitrogen and oxygen atoms in total. The van der Waals surface area contributed by atoms with E-state index in [1.807, 2.05) is 58.9 Å². The van der Waals surface area contributed by atoms with Gasteiger partial charge in [0.25, 0.3) is 5.91 Å². The van der Waals surface area contributed by atoms with Gasteiger partial charge >= 0.3 is 0 Å². The molecule has 1 aromatic heterocycles. The summed E-state index contributed by atoms with van der Waals surface area (Å²) in [4.78, 5) is 12.9.